The van der Waals surface area contributed by atoms with Crippen LogP contribution in [0.25, 0.3) is 0 Å². The van der Waals surface area contributed by atoms with E-state index in [9.17, 15) is 9.59 Å². The smallest absolute Gasteiger partial charge is 0.354 e. The molecule has 1 atom stereocenters. The summed E-state index contributed by atoms with van der Waals surface area (Å²) in [6, 6.07) is 3.12. The molecule has 21 heavy (non-hydrogen) atoms. The Hall–Kier alpha value is -1.95. The number of carbonyl (C=O) groups is 2. The topological polar surface area (TPSA) is 91.3 Å². The molecule has 1 aliphatic rings. The highest BCUT2D eigenvalue weighted by Crippen LogP contribution is 2.34. The third-order valence-corrected chi connectivity index (χ3v) is 4.24. The van der Waals surface area contributed by atoms with Gasteiger partial charge < -0.3 is 15.7 Å². The van der Waals surface area contributed by atoms with Crippen LogP contribution in [0.3, 0.4) is 0 Å². The van der Waals surface area contributed by atoms with Crippen LogP contribution in [-0.2, 0) is 11.3 Å². The predicted octanol–water partition coefficient (Wildman–Crippen LogP) is 1.03. The minimum atomic E-state index is -1.05. The number of pyridine rings is 1. The Morgan fingerprint density at radius 3 is 2.71 bits per heavy atom. The van der Waals surface area contributed by atoms with E-state index in [1.165, 1.54) is 12.3 Å². The molecule has 1 saturated heterocycles. The number of hydrogen-bond donors (Lipinski definition) is 3. The van der Waals surface area contributed by atoms with Crippen LogP contribution >= 0.6 is 0 Å². The van der Waals surface area contributed by atoms with E-state index < -0.39 is 5.97 Å². The first-order chi connectivity index (χ1) is 9.95. The second-order valence-electron chi connectivity index (χ2n) is 5.78. The molecule has 0 aromatic carbocycles. The molecule has 1 aromatic heterocycles. The highest BCUT2D eigenvalue weighted by Gasteiger charge is 2.43. The monoisotopic (exact) mass is 291 g/mol. The molecule has 0 saturated carbocycles. The summed E-state index contributed by atoms with van der Waals surface area (Å²) in [5.41, 5.74) is 0.441. The Bertz CT molecular complexity index is 519. The van der Waals surface area contributed by atoms with E-state index >= 15 is 0 Å². The van der Waals surface area contributed by atoms with Gasteiger partial charge in [-0.1, -0.05) is 19.9 Å². The van der Waals surface area contributed by atoms with E-state index in [1.807, 2.05) is 0 Å². The van der Waals surface area contributed by atoms with Crippen LogP contribution in [0.15, 0.2) is 18.3 Å². The Morgan fingerprint density at radius 1 is 1.48 bits per heavy atom. The average Bonchev–Trinajstić information content (AvgIpc) is 2.96. The Kier molecular flexibility index (Phi) is 4.57. The molecule has 1 aromatic rings. The van der Waals surface area contributed by atoms with Crippen molar-refractivity contribution in [2.75, 3.05) is 13.1 Å². The Morgan fingerprint density at radius 2 is 2.24 bits per heavy atom. The van der Waals surface area contributed by atoms with Gasteiger partial charge in [-0.3, -0.25) is 4.79 Å². The first-order valence-corrected chi connectivity index (χ1v) is 7.13. The molecule has 2 heterocycles. The van der Waals surface area contributed by atoms with Gasteiger partial charge in [-0.05, 0) is 30.5 Å². The number of carbonyl (C=O) groups excluding carboxylic acids is 1. The van der Waals surface area contributed by atoms with Crippen molar-refractivity contribution in [1.82, 2.24) is 15.6 Å². The van der Waals surface area contributed by atoms with E-state index in [2.05, 4.69) is 29.5 Å². The first kappa shape index (κ1) is 15.4. The molecule has 1 amide bonds. The average molecular weight is 291 g/mol. The van der Waals surface area contributed by atoms with E-state index in [0.717, 1.165) is 18.5 Å². The molecule has 1 aliphatic heterocycles. The van der Waals surface area contributed by atoms with Gasteiger partial charge in [0.25, 0.3) is 0 Å². The van der Waals surface area contributed by atoms with Crippen LogP contribution < -0.4 is 10.6 Å². The molecule has 1 fully saturated rings. The molecule has 0 spiro atoms. The molecule has 3 N–H and O–H groups in total. The summed E-state index contributed by atoms with van der Waals surface area (Å²) in [5.74, 6) is -0.744. The molecule has 114 valence electrons. The van der Waals surface area contributed by atoms with Gasteiger partial charge in [0.15, 0.2) is 0 Å². The highest BCUT2D eigenvalue weighted by molar-refractivity contribution is 5.85. The van der Waals surface area contributed by atoms with Gasteiger partial charge in [0.05, 0.1) is 5.41 Å². The van der Waals surface area contributed by atoms with Crippen LogP contribution in [0, 0.1) is 11.3 Å². The fraction of sp³-hybridized carbons (Fsp3) is 0.533. The van der Waals surface area contributed by atoms with Gasteiger partial charge in [0, 0.05) is 19.3 Å². The number of carboxylic acids is 1. The number of carboxylic acid groups (broad SMARTS) is 1. The summed E-state index contributed by atoms with van der Waals surface area (Å²) >= 11 is 0. The molecule has 6 heteroatoms. The standard InChI is InChI=1S/C15H21N3O3/c1-10(2)15(5-6-16-9-15)14(21)18-8-11-3-4-12(13(19)20)17-7-11/h3-4,7,10,16H,5-6,8-9H2,1-2H3,(H,18,21)(H,19,20). The van der Waals surface area contributed by atoms with Gasteiger partial charge in [0.2, 0.25) is 5.91 Å². The lowest BCUT2D eigenvalue weighted by atomic mass is 9.75. The summed E-state index contributed by atoms with van der Waals surface area (Å²) in [5, 5.41) is 15.0. The first-order valence-electron chi connectivity index (χ1n) is 7.13. The van der Waals surface area contributed by atoms with Gasteiger partial charge in [-0.2, -0.15) is 0 Å². The molecular formula is C15H21N3O3. The number of nitrogens with one attached hydrogen (secondary N) is 2. The summed E-state index contributed by atoms with van der Waals surface area (Å²) in [4.78, 5) is 27.1. The van der Waals surface area contributed by atoms with Gasteiger partial charge >= 0.3 is 5.97 Å². The van der Waals surface area contributed by atoms with Crippen molar-refractivity contribution < 1.29 is 14.7 Å². The van der Waals surface area contributed by atoms with Crippen molar-refractivity contribution in [3.8, 4) is 0 Å². The van der Waals surface area contributed by atoms with Crippen molar-refractivity contribution in [2.24, 2.45) is 11.3 Å². The van der Waals surface area contributed by atoms with Gasteiger partial charge in [-0.25, -0.2) is 9.78 Å². The second kappa shape index (κ2) is 6.22. The van der Waals surface area contributed by atoms with Crippen molar-refractivity contribution >= 4 is 11.9 Å². The van der Waals surface area contributed by atoms with Crippen LogP contribution in [0.2, 0.25) is 0 Å². The third kappa shape index (κ3) is 3.21. The quantitative estimate of drug-likeness (QED) is 0.753. The Balaban J connectivity index is 1.98. The van der Waals surface area contributed by atoms with E-state index in [1.54, 1.807) is 6.07 Å². The highest BCUT2D eigenvalue weighted by atomic mass is 16.4. The predicted molar refractivity (Wildman–Crippen MR) is 77.8 cm³/mol. The molecule has 0 radical (unpaired) electrons. The fourth-order valence-corrected chi connectivity index (χ4v) is 2.67. The van der Waals surface area contributed by atoms with Crippen LogP contribution in [0.1, 0.15) is 36.3 Å². The lowest BCUT2D eigenvalue weighted by Crippen LogP contribution is -2.45. The summed E-state index contributed by atoms with van der Waals surface area (Å²) in [6.07, 6.45) is 2.32. The second-order valence-corrected chi connectivity index (χ2v) is 5.78. The van der Waals surface area contributed by atoms with Gasteiger partial charge in [-0.15, -0.1) is 0 Å². The lowest BCUT2D eigenvalue weighted by Gasteiger charge is -2.31. The molecule has 6 nitrogen and oxygen atoms in total. The summed E-state index contributed by atoms with van der Waals surface area (Å²) in [6.45, 7) is 6.05. The lowest BCUT2D eigenvalue weighted by molar-refractivity contribution is -0.132. The van der Waals surface area contributed by atoms with Gasteiger partial charge in [0.1, 0.15) is 5.69 Å². The van der Waals surface area contributed by atoms with Crippen molar-refractivity contribution in [1.29, 1.82) is 0 Å². The SMILES string of the molecule is CC(C)C1(C(=O)NCc2ccc(C(=O)O)nc2)CCNC1. The molecule has 1 unspecified atom stereocenters. The van der Waals surface area contributed by atoms with Crippen molar-refractivity contribution in [2.45, 2.75) is 26.8 Å². The minimum Gasteiger partial charge on any atom is -0.477 e. The van der Waals surface area contributed by atoms with Crippen molar-refractivity contribution in [3.63, 3.8) is 0 Å². The fourth-order valence-electron chi connectivity index (χ4n) is 2.67. The molecule has 2 rings (SSSR count). The number of rotatable bonds is 5. The van der Waals surface area contributed by atoms with E-state index in [4.69, 9.17) is 5.11 Å². The molecular weight excluding hydrogens is 270 g/mol. The largest absolute Gasteiger partial charge is 0.477 e. The zero-order valence-electron chi connectivity index (χ0n) is 12.3. The number of amides is 1. The number of aromatic carboxylic acids is 1. The number of nitrogens with zero attached hydrogens (tertiary/aromatic N) is 1. The van der Waals surface area contributed by atoms with Crippen LogP contribution in [0.4, 0.5) is 0 Å². The van der Waals surface area contributed by atoms with Crippen molar-refractivity contribution in [3.05, 3.63) is 29.6 Å². The summed E-state index contributed by atoms with van der Waals surface area (Å²) in [7, 11) is 0. The normalized spacial score (nSPS) is 21.5. The zero-order valence-corrected chi connectivity index (χ0v) is 12.3. The maximum atomic E-state index is 12.5. The summed E-state index contributed by atoms with van der Waals surface area (Å²) < 4.78 is 0. The van der Waals surface area contributed by atoms with Crippen LogP contribution in [-0.4, -0.2) is 35.1 Å². The zero-order chi connectivity index (χ0) is 15.5. The molecule has 0 aliphatic carbocycles. The molecule has 0 bridgehead atoms. The maximum absolute atomic E-state index is 12.5. The number of aromatic nitrogens is 1. The Labute approximate surface area is 124 Å². The number of hydrogen-bond acceptors (Lipinski definition) is 4. The maximum Gasteiger partial charge on any atom is 0.354 e. The van der Waals surface area contributed by atoms with E-state index in [-0.39, 0.29) is 22.9 Å². The minimum absolute atomic E-state index is 0.00344. The van der Waals surface area contributed by atoms with E-state index in [0.29, 0.717) is 13.1 Å². The third-order valence-electron chi connectivity index (χ3n) is 4.24. The van der Waals surface area contributed by atoms with Crippen LogP contribution in [0.5, 0.6) is 0 Å².